The highest BCUT2D eigenvalue weighted by molar-refractivity contribution is 5.77. The van der Waals surface area contributed by atoms with Crippen molar-refractivity contribution in [2.45, 2.75) is 39.7 Å². The molecule has 0 radical (unpaired) electrons. The van der Waals surface area contributed by atoms with Crippen LogP contribution in [0, 0.1) is 17.2 Å². The molecule has 1 aromatic rings. The topological polar surface area (TPSA) is 62.1 Å². The van der Waals surface area contributed by atoms with Gasteiger partial charge in [-0.15, -0.1) is 0 Å². The molecule has 0 aliphatic heterocycles. The molecule has 2 atom stereocenters. The fourth-order valence-electron chi connectivity index (χ4n) is 1.92. The normalized spacial score (nSPS) is 13.1. The molecule has 4 heteroatoms. The lowest BCUT2D eigenvalue weighted by molar-refractivity contribution is -0.123. The summed E-state index contributed by atoms with van der Waals surface area (Å²) in [7, 11) is 0. The molecule has 0 fully saturated rings. The molecule has 20 heavy (non-hydrogen) atoms. The van der Waals surface area contributed by atoms with Crippen molar-refractivity contribution in [3.05, 3.63) is 29.8 Å². The summed E-state index contributed by atoms with van der Waals surface area (Å²) >= 11 is 0. The van der Waals surface area contributed by atoms with E-state index in [2.05, 4.69) is 19.2 Å². The van der Waals surface area contributed by atoms with Gasteiger partial charge in [0.1, 0.15) is 5.75 Å². The van der Waals surface area contributed by atoms with Crippen molar-refractivity contribution < 1.29 is 9.53 Å². The zero-order valence-corrected chi connectivity index (χ0v) is 12.3. The molecule has 0 bridgehead atoms. The highest BCUT2D eigenvalue weighted by atomic mass is 16.5. The standard InChI is InChI=1S/C16H22N2O2/c1-4-12(2)9-13(3)18-16(19)11-20-15-7-5-14(10-17)6-8-15/h5-8,12-13H,4,9,11H2,1-3H3,(H,18,19). The minimum atomic E-state index is -0.120. The van der Waals surface area contributed by atoms with E-state index in [1.54, 1.807) is 24.3 Å². The average molecular weight is 274 g/mol. The molecule has 0 spiro atoms. The number of nitriles is 1. The summed E-state index contributed by atoms with van der Waals surface area (Å²) in [5.74, 6) is 1.07. The Morgan fingerprint density at radius 1 is 1.35 bits per heavy atom. The second-order valence-electron chi connectivity index (χ2n) is 5.14. The van der Waals surface area contributed by atoms with Crippen molar-refractivity contribution in [3.8, 4) is 11.8 Å². The summed E-state index contributed by atoms with van der Waals surface area (Å²) in [5.41, 5.74) is 0.573. The second-order valence-corrected chi connectivity index (χ2v) is 5.14. The van der Waals surface area contributed by atoms with Crippen molar-refractivity contribution in [1.29, 1.82) is 5.26 Å². The van der Waals surface area contributed by atoms with Crippen LogP contribution in [-0.2, 0) is 4.79 Å². The molecule has 1 N–H and O–H groups in total. The quantitative estimate of drug-likeness (QED) is 0.831. The van der Waals surface area contributed by atoms with Crippen LogP contribution >= 0.6 is 0 Å². The molecule has 1 amide bonds. The van der Waals surface area contributed by atoms with Crippen molar-refractivity contribution in [2.24, 2.45) is 5.92 Å². The van der Waals surface area contributed by atoms with Gasteiger partial charge in [0.25, 0.3) is 5.91 Å². The average Bonchev–Trinajstić information content (AvgIpc) is 2.45. The lowest BCUT2D eigenvalue weighted by Crippen LogP contribution is -2.36. The molecule has 0 aliphatic rings. The fourth-order valence-corrected chi connectivity index (χ4v) is 1.92. The SMILES string of the molecule is CCC(C)CC(C)NC(=O)COc1ccc(C#N)cc1. The predicted molar refractivity (Wildman–Crippen MR) is 78.3 cm³/mol. The molecule has 1 rings (SSSR count). The maximum absolute atomic E-state index is 11.7. The minimum Gasteiger partial charge on any atom is -0.484 e. The number of hydrogen-bond donors (Lipinski definition) is 1. The van der Waals surface area contributed by atoms with Gasteiger partial charge in [-0.1, -0.05) is 20.3 Å². The third kappa shape index (κ3) is 5.75. The van der Waals surface area contributed by atoms with Crippen molar-refractivity contribution in [2.75, 3.05) is 6.61 Å². The van der Waals surface area contributed by atoms with Crippen LogP contribution in [0.1, 0.15) is 39.2 Å². The van der Waals surface area contributed by atoms with Crippen molar-refractivity contribution in [1.82, 2.24) is 5.32 Å². The third-order valence-corrected chi connectivity index (χ3v) is 3.21. The number of hydrogen-bond acceptors (Lipinski definition) is 3. The van der Waals surface area contributed by atoms with E-state index < -0.39 is 0 Å². The van der Waals surface area contributed by atoms with E-state index in [1.807, 2.05) is 13.0 Å². The Labute approximate surface area is 120 Å². The van der Waals surface area contributed by atoms with Gasteiger partial charge in [0.15, 0.2) is 6.61 Å². The number of benzene rings is 1. The largest absolute Gasteiger partial charge is 0.484 e. The molecule has 1 aromatic carbocycles. The Morgan fingerprint density at radius 2 is 2.00 bits per heavy atom. The molecule has 0 aromatic heterocycles. The highest BCUT2D eigenvalue weighted by Crippen LogP contribution is 2.12. The number of amides is 1. The zero-order valence-electron chi connectivity index (χ0n) is 12.3. The Bertz CT molecular complexity index is 462. The van der Waals surface area contributed by atoms with E-state index in [1.165, 1.54) is 0 Å². The summed E-state index contributed by atoms with van der Waals surface area (Å²) in [5, 5.41) is 11.6. The number of rotatable bonds is 7. The van der Waals surface area contributed by atoms with Crippen LogP contribution in [0.4, 0.5) is 0 Å². The molecular formula is C16H22N2O2. The molecule has 0 aliphatic carbocycles. The van der Waals surface area contributed by atoms with Gasteiger partial charge in [0.2, 0.25) is 0 Å². The fraction of sp³-hybridized carbons (Fsp3) is 0.500. The van der Waals surface area contributed by atoms with Gasteiger partial charge in [-0.25, -0.2) is 0 Å². The van der Waals surface area contributed by atoms with Gasteiger partial charge in [0, 0.05) is 6.04 Å². The minimum absolute atomic E-state index is 0.00323. The molecule has 2 unspecified atom stereocenters. The zero-order chi connectivity index (χ0) is 15.0. The van der Waals surface area contributed by atoms with Gasteiger partial charge in [-0.3, -0.25) is 4.79 Å². The maximum atomic E-state index is 11.7. The van der Waals surface area contributed by atoms with Crippen LogP contribution in [0.5, 0.6) is 5.75 Å². The van der Waals surface area contributed by atoms with Crippen LogP contribution in [0.2, 0.25) is 0 Å². The van der Waals surface area contributed by atoms with Crippen LogP contribution < -0.4 is 10.1 Å². The molecule has 0 saturated carbocycles. The first-order valence-corrected chi connectivity index (χ1v) is 6.97. The smallest absolute Gasteiger partial charge is 0.258 e. The van der Waals surface area contributed by atoms with Gasteiger partial charge in [-0.2, -0.15) is 5.26 Å². The first kappa shape index (κ1) is 16.0. The maximum Gasteiger partial charge on any atom is 0.258 e. The second kappa shape index (κ2) is 8.21. The molecule has 0 heterocycles. The van der Waals surface area contributed by atoms with Crippen LogP contribution in [0.3, 0.4) is 0 Å². The summed E-state index contributed by atoms with van der Waals surface area (Å²) < 4.78 is 5.38. The van der Waals surface area contributed by atoms with E-state index in [4.69, 9.17) is 10.00 Å². The monoisotopic (exact) mass is 274 g/mol. The van der Waals surface area contributed by atoms with E-state index >= 15 is 0 Å². The Kier molecular flexibility index (Phi) is 6.58. The van der Waals surface area contributed by atoms with E-state index in [9.17, 15) is 4.79 Å². The Morgan fingerprint density at radius 3 is 2.55 bits per heavy atom. The summed E-state index contributed by atoms with van der Waals surface area (Å²) in [4.78, 5) is 11.7. The summed E-state index contributed by atoms with van der Waals surface area (Å²) in [6.45, 7) is 6.33. The lowest BCUT2D eigenvalue weighted by Gasteiger charge is -2.17. The first-order chi connectivity index (χ1) is 9.55. The van der Waals surface area contributed by atoms with Crippen LogP contribution in [0.25, 0.3) is 0 Å². The Hall–Kier alpha value is -2.02. The summed E-state index contributed by atoms with van der Waals surface area (Å²) in [6, 6.07) is 8.90. The van der Waals surface area contributed by atoms with Gasteiger partial charge < -0.3 is 10.1 Å². The third-order valence-electron chi connectivity index (χ3n) is 3.21. The molecule has 108 valence electrons. The first-order valence-electron chi connectivity index (χ1n) is 6.97. The van der Waals surface area contributed by atoms with Gasteiger partial charge >= 0.3 is 0 Å². The number of nitrogens with zero attached hydrogens (tertiary/aromatic N) is 1. The predicted octanol–water partition coefficient (Wildman–Crippen LogP) is 2.88. The van der Waals surface area contributed by atoms with E-state index in [0.717, 1.165) is 12.8 Å². The van der Waals surface area contributed by atoms with Crippen molar-refractivity contribution in [3.63, 3.8) is 0 Å². The van der Waals surface area contributed by atoms with Crippen LogP contribution in [-0.4, -0.2) is 18.6 Å². The van der Waals surface area contributed by atoms with Crippen LogP contribution in [0.15, 0.2) is 24.3 Å². The van der Waals surface area contributed by atoms with Gasteiger partial charge in [0.05, 0.1) is 11.6 Å². The number of carbonyl (C=O) groups excluding carboxylic acids is 1. The molecule has 0 saturated heterocycles. The lowest BCUT2D eigenvalue weighted by atomic mass is 10.0. The van der Waals surface area contributed by atoms with E-state index in [0.29, 0.717) is 17.2 Å². The number of nitrogens with one attached hydrogen (secondary N) is 1. The molecular weight excluding hydrogens is 252 g/mol. The number of carbonyl (C=O) groups is 1. The van der Waals surface area contributed by atoms with Crippen molar-refractivity contribution >= 4 is 5.91 Å². The van der Waals surface area contributed by atoms with Gasteiger partial charge in [-0.05, 0) is 43.5 Å². The van der Waals surface area contributed by atoms with E-state index in [-0.39, 0.29) is 18.6 Å². The summed E-state index contributed by atoms with van der Waals surface area (Å²) in [6.07, 6.45) is 2.08. The molecule has 4 nitrogen and oxygen atoms in total. The highest BCUT2D eigenvalue weighted by Gasteiger charge is 2.10. The Balaban J connectivity index is 2.33. The number of ether oxygens (including phenoxy) is 1.